The van der Waals surface area contributed by atoms with E-state index >= 15 is 0 Å². The van der Waals surface area contributed by atoms with Gasteiger partial charge < -0.3 is 43.4 Å². The summed E-state index contributed by atoms with van der Waals surface area (Å²) in [5.41, 5.74) is 21.3. The van der Waals surface area contributed by atoms with Crippen molar-refractivity contribution in [3.8, 4) is 0 Å². The molecule has 0 unspecified atom stereocenters. The molecule has 0 aromatic heterocycles. The van der Waals surface area contributed by atoms with Crippen LogP contribution in [0.25, 0.3) is 0 Å². The lowest BCUT2D eigenvalue weighted by Gasteiger charge is -2.24. The van der Waals surface area contributed by atoms with Gasteiger partial charge in [0.2, 0.25) is 23.6 Å². The van der Waals surface area contributed by atoms with Crippen LogP contribution in [-0.2, 0) is 19.2 Å². The van der Waals surface area contributed by atoms with Crippen molar-refractivity contribution in [2.75, 3.05) is 52.4 Å². The first-order valence-corrected chi connectivity index (χ1v) is 22.8. The van der Waals surface area contributed by atoms with Gasteiger partial charge in [-0.1, -0.05) is 110 Å². The van der Waals surface area contributed by atoms with Crippen LogP contribution in [0.2, 0.25) is 0 Å². The molecule has 2 saturated heterocycles. The number of nitrogens with two attached hydrogens (primary N) is 4. The number of rotatable bonds is 30. The first-order valence-electron chi connectivity index (χ1n) is 22.8. The highest BCUT2D eigenvalue weighted by atomic mass is 16.2. The second-order valence-electron chi connectivity index (χ2n) is 15.4. The Morgan fingerprint density at radius 1 is 0.455 bits per heavy atom. The molecule has 10 N–H and O–H groups in total. The molecular weight excluding hydrogens is 693 g/mol. The van der Waals surface area contributed by atoms with Crippen LogP contribution < -0.4 is 33.6 Å². The molecule has 2 aliphatic heterocycles. The minimum atomic E-state index is -0.260. The highest BCUT2D eigenvalue weighted by Gasteiger charge is 2.34. The second-order valence-corrected chi connectivity index (χ2v) is 15.4. The number of unbranched alkanes of at least 4 members (excludes halogenated alkanes) is 16. The minimum absolute atomic E-state index is 0.00905. The van der Waals surface area contributed by atoms with Crippen molar-refractivity contribution in [3.05, 3.63) is 0 Å². The molecule has 12 heteroatoms. The lowest BCUT2D eigenvalue weighted by Crippen LogP contribution is -2.46. The first kappa shape index (κ1) is 52.7. The summed E-state index contributed by atoms with van der Waals surface area (Å²) in [6, 6.07) is -0.520. The molecule has 0 bridgehead atoms. The molecule has 0 aliphatic carbocycles. The van der Waals surface area contributed by atoms with E-state index in [0.717, 1.165) is 103 Å². The highest BCUT2D eigenvalue weighted by molar-refractivity contribution is 5.88. The summed E-state index contributed by atoms with van der Waals surface area (Å²) in [4.78, 5) is 52.7. The number of hydrogen-bond donors (Lipinski definition) is 6. The van der Waals surface area contributed by atoms with Crippen LogP contribution in [0.1, 0.15) is 187 Å². The Labute approximate surface area is 337 Å². The minimum Gasteiger partial charge on any atom is -0.354 e. The zero-order valence-electron chi connectivity index (χ0n) is 35.7. The molecule has 324 valence electrons. The van der Waals surface area contributed by atoms with Gasteiger partial charge in [0.05, 0.1) is 0 Å². The predicted molar refractivity (Wildman–Crippen MR) is 229 cm³/mol. The van der Waals surface area contributed by atoms with Gasteiger partial charge in [0.15, 0.2) is 0 Å². The lowest BCUT2D eigenvalue weighted by atomic mass is 10.1. The van der Waals surface area contributed by atoms with E-state index in [9.17, 15) is 19.2 Å². The summed E-state index contributed by atoms with van der Waals surface area (Å²) >= 11 is 0. The van der Waals surface area contributed by atoms with E-state index in [2.05, 4.69) is 24.5 Å². The zero-order chi connectivity index (χ0) is 40.8. The fourth-order valence-corrected chi connectivity index (χ4v) is 7.11. The molecule has 2 rings (SSSR count). The maximum Gasteiger partial charge on any atom is 0.242 e. The summed E-state index contributed by atoms with van der Waals surface area (Å²) in [6.07, 6.45) is 29.3. The van der Waals surface area contributed by atoms with Gasteiger partial charge in [0.1, 0.15) is 12.1 Å². The predicted octanol–water partition coefficient (Wildman–Crippen LogP) is 6.02. The average molecular weight is 781 g/mol. The van der Waals surface area contributed by atoms with Gasteiger partial charge in [-0.15, -0.1) is 0 Å². The van der Waals surface area contributed by atoms with E-state index in [4.69, 9.17) is 22.9 Å². The molecular formula is C43H88N8O4. The van der Waals surface area contributed by atoms with Crippen LogP contribution in [0.15, 0.2) is 0 Å². The molecule has 0 saturated carbocycles. The topological polar surface area (TPSA) is 203 Å². The van der Waals surface area contributed by atoms with E-state index in [-0.39, 0.29) is 35.7 Å². The summed E-state index contributed by atoms with van der Waals surface area (Å²) in [5.74, 6) is 0.283. The molecule has 0 radical (unpaired) electrons. The van der Waals surface area contributed by atoms with Gasteiger partial charge in [-0.2, -0.15) is 0 Å². The van der Waals surface area contributed by atoms with Gasteiger partial charge in [0.25, 0.3) is 0 Å². The van der Waals surface area contributed by atoms with Crippen molar-refractivity contribution in [1.82, 2.24) is 20.4 Å². The third kappa shape index (κ3) is 27.9. The molecule has 0 aromatic carbocycles. The van der Waals surface area contributed by atoms with E-state index in [1.807, 2.05) is 0 Å². The zero-order valence-corrected chi connectivity index (χ0v) is 35.7. The average Bonchev–Trinajstić information content (AvgIpc) is 3.89. The maximum atomic E-state index is 12.4. The second kappa shape index (κ2) is 38.6. The van der Waals surface area contributed by atoms with Crippen molar-refractivity contribution in [1.29, 1.82) is 0 Å². The van der Waals surface area contributed by atoms with Gasteiger partial charge in [-0.3, -0.25) is 19.2 Å². The van der Waals surface area contributed by atoms with E-state index in [0.29, 0.717) is 39.0 Å². The van der Waals surface area contributed by atoms with Crippen LogP contribution in [0.5, 0.6) is 0 Å². The van der Waals surface area contributed by atoms with Crippen molar-refractivity contribution in [2.45, 2.75) is 199 Å². The van der Waals surface area contributed by atoms with Crippen LogP contribution in [0, 0.1) is 0 Å². The van der Waals surface area contributed by atoms with E-state index in [1.165, 1.54) is 83.5 Å². The number of nitrogens with zero attached hydrogens (tertiary/aromatic N) is 2. The first-order chi connectivity index (χ1) is 26.8. The van der Waals surface area contributed by atoms with Gasteiger partial charge in [-0.05, 0) is 90.4 Å². The molecule has 0 spiro atoms. The number of amides is 4. The Bertz CT molecular complexity index is 868. The summed E-state index contributed by atoms with van der Waals surface area (Å²) in [7, 11) is 0. The van der Waals surface area contributed by atoms with Crippen LogP contribution in [0.4, 0.5) is 0 Å². The van der Waals surface area contributed by atoms with Gasteiger partial charge >= 0.3 is 0 Å². The lowest BCUT2D eigenvalue weighted by molar-refractivity contribution is -0.138. The molecule has 4 amide bonds. The van der Waals surface area contributed by atoms with Crippen molar-refractivity contribution in [2.24, 2.45) is 22.9 Å². The van der Waals surface area contributed by atoms with Crippen LogP contribution >= 0.6 is 0 Å². The third-order valence-corrected chi connectivity index (χ3v) is 10.5. The monoisotopic (exact) mass is 781 g/mol. The number of hydrogen-bond acceptors (Lipinski definition) is 8. The third-order valence-electron chi connectivity index (χ3n) is 10.5. The number of nitrogens with one attached hydrogen (secondary N) is 2. The number of carbonyl (C=O) groups excluding carboxylic acids is 4. The normalized spacial score (nSPS) is 16.3. The molecule has 2 atom stereocenters. The maximum absolute atomic E-state index is 12.4. The fourth-order valence-electron chi connectivity index (χ4n) is 7.11. The van der Waals surface area contributed by atoms with Crippen LogP contribution in [-0.4, -0.2) is 97.9 Å². The quantitative estimate of drug-likeness (QED) is 0.0475. The molecule has 2 fully saturated rings. The number of carbonyl (C=O) groups is 4. The Hall–Kier alpha value is -2.28. The number of likely N-dealkylation sites (tertiary alicyclic amines) is 2. The molecule has 0 aromatic rings. The van der Waals surface area contributed by atoms with Crippen molar-refractivity contribution < 1.29 is 19.2 Å². The van der Waals surface area contributed by atoms with Crippen molar-refractivity contribution >= 4 is 23.6 Å². The Balaban J connectivity index is 0.000000904. The Kier molecular flexibility index (Phi) is 37.0. The standard InChI is InChI=1S/2C19H37N3O2.C5H14N2/c2*1-2-3-4-5-6-7-8-9-13-18(23)22-16-10-12-17(22)19(24)21-15-11-14-20;6-4-2-1-3-5-7/h2*17H,2-16,20H2,1H3,(H,21,24);1-7H2/t2*17-;/m10./s1. The summed E-state index contributed by atoms with van der Waals surface area (Å²) in [5, 5.41) is 5.80. The fraction of sp³-hybridized carbons (Fsp3) is 0.907. The summed E-state index contributed by atoms with van der Waals surface area (Å²) in [6.45, 7) is 9.89. The van der Waals surface area contributed by atoms with Gasteiger partial charge in [0, 0.05) is 39.0 Å². The molecule has 2 aliphatic rings. The van der Waals surface area contributed by atoms with E-state index < -0.39 is 0 Å². The SMILES string of the molecule is CCCCCCCCCCC(=O)N1CCC[C@@H]1C(=O)NCCCN.CCCCCCCCCCC(=O)N1CCC[C@H]1C(=O)NCCCN.NCCCCCN. The van der Waals surface area contributed by atoms with E-state index in [1.54, 1.807) is 9.80 Å². The molecule has 2 heterocycles. The Morgan fingerprint density at radius 3 is 1.09 bits per heavy atom. The molecule has 55 heavy (non-hydrogen) atoms. The summed E-state index contributed by atoms with van der Waals surface area (Å²) < 4.78 is 0. The molecule has 12 nitrogen and oxygen atoms in total. The Morgan fingerprint density at radius 2 is 0.764 bits per heavy atom. The van der Waals surface area contributed by atoms with Gasteiger partial charge in [-0.25, -0.2) is 0 Å². The van der Waals surface area contributed by atoms with Crippen molar-refractivity contribution in [3.63, 3.8) is 0 Å². The smallest absolute Gasteiger partial charge is 0.242 e. The highest BCUT2D eigenvalue weighted by Crippen LogP contribution is 2.21. The largest absolute Gasteiger partial charge is 0.354 e. The van der Waals surface area contributed by atoms with Crippen LogP contribution in [0.3, 0.4) is 0 Å².